The number of rotatable bonds is 6. The van der Waals surface area contributed by atoms with Crippen molar-refractivity contribution in [2.75, 3.05) is 26.2 Å². The topological polar surface area (TPSA) is 41.4 Å². The van der Waals surface area contributed by atoms with Crippen molar-refractivity contribution in [3.63, 3.8) is 0 Å². The Balaban J connectivity index is 1.33. The van der Waals surface area contributed by atoms with Gasteiger partial charge in [0.05, 0.1) is 12.5 Å². The molecule has 168 valence electrons. The van der Waals surface area contributed by atoms with Crippen LogP contribution in [0.3, 0.4) is 0 Å². The fourth-order valence-corrected chi connectivity index (χ4v) is 4.05. The van der Waals surface area contributed by atoms with Crippen LogP contribution in [0.25, 0.3) is 0 Å². The molecule has 31 heavy (non-hydrogen) atoms. The van der Waals surface area contributed by atoms with Crippen LogP contribution in [0.15, 0.2) is 30.3 Å². The monoisotopic (exact) mass is 438 g/mol. The quantitative estimate of drug-likeness (QED) is 0.643. The summed E-state index contributed by atoms with van der Waals surface area (Å²) in [5.41, 5.74) is 0.709. The molecule has 1 amide bonds. The average Bonchev–Trinajstić information content (AvgIpc) is 3.48. The molecule has 1 saturated heterocycles. The number of nitrogens with zero attached hydrogens (tertiary/aromatic N) is 4. The van der Waals surface area contributed by atoms with Crippen LogP contribution in [-0.2, 0) is 24.1 Å². The summed E-state index contributed by atoms with van der Waals surface area (Å²) in [5, 5.41) is 3.76. The largest absolute Gasteiger partial charge is 0.435 e. The number of hydrogen-bond acceptors (Lipinski definition) is 3. The Bertz CT molecular complexity index is 913. The van der Waals surface area contributed by atoms with Gasteiger partial charge in [0.1, 0.15) is 5.82 Å². The van der Waals surface area contributed by atoms with Crippen LogP contribution in [-0.4, -0.2) is 51.7 Å². The van der Waals surface area contributed by atoms with Crippen molar-refractivity contribution < 1.29 is 22.4 Å². The van der Waals surface area contributed by atoms with E-state index >= 15 is 0 Å². The first kappa shape index (κ1) is 21.8. The van der Waals surface area contributed by atoms with Crippen molar-refractivity contribution >= 4 is 5.91 Å². The molecule has 1 saturated carbocycles. The summed E-state index contributed by atoms with van der Waals surface area (Å²) in [4.78, 5) is 16.9. The van der Waals surface area contributed by atoms with E-state index in [9.17, 15) is 22.4 Å². The number of aromatic nitrogens is 2. The molecule has 2 fully saturated rings. The van der Waals surface area contributed by atoms with Gasteiger partial charge >= 0.3 is 6.18 Å². The smallest absolute Gasteiger partial charge is 0.340 e. The number of amides is 1. The Morgan fingerprint density at radius 2 is 1.77 bits per heavy atom. The van der Waals surface area contributed by atoms with E-state index in [2.05, 4.69) is 10.00 Å². The third kappa shape index (κ3) is 5.26. The van der Waals surface area contributed by atoms with Crippen molar-refractivity contribution in [2.24, 2.45) is 5.92 Å². The highest BCUT2D eigenvalue weighted by Gasteiger charge is 2.38. The maximum absolute atomic E-state index is 13.1. The molecule has 2 aromatic rings. The zero-order valence-electron chi connectivity index (χ0n) is 17.4. The van der Waals surface area contributed by atoms with Crippen LogP contribution in [0.1, 0.15) is 42.6 Å². The number of benzene rings is 1. The van der Waals surface area contributed by atoms with Crippen molar-refractivity contribution in [1.82, 2.24) is 19.6 Å². The van der Waals surface area contributed by atoms with Gasteiger partial charge in [0.25, 0.3) is 0 Å². The molecule has 1 aromatic heterocycles. The Kier molecular flexibility index (Phi) is 6.05. The van der Waals surface area contributed by atoms with Gasteiger partial charge in [0.15, 0.2) is 5.69 Å². The standard InChI is InChI=1S/C22H26F4N4O/c1-15(13-30-19(17-4-5-17)12-20(27-30)22(24,25)26)21(31)29-10-8-28(9-11-29)14-16-2-6-18(23)7-3-16/h2-3,6-7,12,15,17H,4-5,8-11,13-14H2,1H3. The van der Waals surface area contributed by atoms with E-state index in [0.29, 0.717) is 38.4 Å². The SMILES string of the molecule is CC(Cn1nc(C(F)(F)F)cc1C1CC1)C(=O)N1CCN(Cc2ccc(F)cc2)CC1. The molecule has 2 heterocycles. The lowest BCUT2D eigenvalue weighted by molar-refractivity contribution is -0.141. The van der Waals surface area contributed by atoms with Crippen molar-refractivity contribution in [2.45, 2.75) is 44.9 Å². The maximum Gasteiger partial charge on any atom is 0.435 e. The van der Waals surface area contributed by atoms with Crippen LogP contribution in [0.2, 0.25) is 0 Å². The number of hydrogen-bond donors (Lipinski definition) is 0. The van der Waals surface area contributed by atoms with Crippen LogP contribution >= 0.6 is 0 Å². The molecule has 2 aliphatic rings. The molecule has 5 nitrogen and oxygen atoms in total. The Morgan fingerprint density at radius 1 is 1.13 bits per heavy atom. The number of carbonyl (C=O) groups is 1. The molecule has 1 aliphatic heterocycles. The minimum absolute atomic E-state index is 0.0627. The number of carbonyl (C=O) groups excluding carboxylic acids is 1. The van der Waals surface area contributed by atoms with Gasteiger partial charge in [-0.05, 0) is 36.6 Å². The van der Waals surface area contributed by atoms with Gasteiger partial charge in [-0.15, -0.1) is 0 Å². The summed E-state index contributed by atoms with van der Waals surface area (Å²) in [6.45, 7) is 5.11. The minimum Gasteiger partial charge on any atom is -0.340 e. The predicted octanol–water partition coefficient (Wildman–Crippen LogP) is 3.90. The van der Waals surface area contributed by atoms with Crippen LogP contribution in [0, 0.1) is 11.7 Å². The van der Waals surface area contributed by atoms with Gasteiger partial charge in [0.2, 0.25) is 5.91 Å². The molecular weight excluding hydrogens is 412 g/mol. The van der Waals surface area contributed by atoms with Gasteiger partial charge in [-0.3, -0.25) is 14.4 Å². The molecule has 1 atom stereocenters. The minimum atomic E-state index is -4.48. The molecule has 1 unspecified atom stereocenters. The fourth-order valence-electron chi connectivity index (χ4n) is 4.05. The summed E-state index contributed by atoms with van der Waals surface area (Å²) in [6, 6.07) is 7.51. The summed E-state index contributed by atoms with van der Waals surface area (Å²) in [6.07, 6.45) is -2.76. The van der Waals surface area contributed by atoms with Crippen LogP contribution in [0.5, 0.6) is 0 Å². The molecule has 0 N–H and O–H groups in total. The van der Waals surface area contributed by atoms with E-state index in [-0.39, 0.29) is 24.2 Å². The Labute approximate surface area is 178 Å². The van der Waals surface area contributed by atoms with E-state index in [4.69, 9.17) is 0 Å². The second-order valence-corrected chi connectivity index (χ2v) is 8.54. The zero-order valence-corrected chi connectivity index (χ0v) is 17.4. The van der Waals surface area contributed by atoms with Crippen molar-refractivity contribution in [1.29, 1.82) is 0 Å². The highest BCUT2D eigenvalue weighted by Crippen LogP contribution is 2.42. The second-order valence-electron chi connectivity index (χ2n) is 8.54. The lowest BCUT2D eigenvalue weighted by Crippen LogP contribution is -2.50. The summed E-state index contributed by atoms with van der Waals surface area (Å²) >= 11 is 0. The average molecular weight is 438 g/mol. The lowest BCUT2D eigenvalue weighted by Gasteiger charge is -2.36. The third-order valence-electron chi connectivity index (χ3n) is 5.97. The predicted molar refractivity (Wildman–Crippen MR) is 107 cm³/mol. The van der Waals surface area contributed by atoms with E-state index < -0.39 is 17.8 Å². The third-order valence-corrected chi connectivity index (χ3v) is 5.97. The molecule has 0 bridgehead atoms. The van der Waals surface area contributed by atoms with E-state index in [1.54, 1.807) is 24.0 Å². The molecule has 0 spiro atoms. The normalized spacial score (nSPS) is 18.9. The number of halogens is 4. The summed E-state index contributed by atoms with van der Waals surface area (Å²) < 4.78 is 53.7. The molecule has 0 radical (unpaired) electrons. The Morgan fingerprint density at radius 3 is 2.35 bits per heavy atom. The molecule has 4 rings (SSSR count). The maximum atomic E-state index is 13.1. The van der Waals surface area contributed by atoms with Gasteiger partial charge in [0, 0.05) is 44.3 Å². The van der Waals surface area contributed by atoms with E-state index in [0.717, 1.165) is 24.5 Å². The molecular formula is C22H26F4N4O. The summed E-state index contributed by atoms with van der Waals surface area (Å²) in [7, 11) is 0. The molecule has 1 aliphatic carbocycles. The van der Waals surface area contributed by atoms with Crippen molar-refractivity contribution in [3.8, 4) is 0 Å². The van der Waals surface area contributed by atoms with Crippen molar-refractivity contribution in [3.05, 3.63) is 53.1 Å². The highest BCUT2D eigenvalue weighted by molar-refractivity contribution is 5.78. The second kappa shape index (κ2) is 8.61. The number of alkyl halides is 3. The van der Waals surface area contributed by atoms with Crippen LogP contribution in [0.4, 0.5) is 17.6 Å². The van der Waals surface area contributed by atoms with Gasteiger partial charge in [-0.1, -0.05) is 19.1 Å². The van der Waals surface area contributed by atoms with E-state index in [1.165, 1.54) is 16.8 Å². The number of piperazine rings is 1. The first-order chi connectivity index (χ1) is 14.7. The first-order valence-corrected chi connectivity index (χ1v) is 10.6. The Hall–Kier alpha value is -2.42. The van der Waals surface area contributed by atoms with Gasteiger partial charge in [-0.25, -0.2) is 4.39 Å². The highest BCUT2D eigenvalue weighted by atomic mass is 19.4. The van der Waals surface area contributed by atoms with Gasteiger partial charge < -0.3 is 4.90 Å². The van der Waals surface area contributed by atoms with Gasteiger partial charge in [-0.2, -0.15) is 18.3 Å². The molecule has 9 heteroatoms. The van der Waals surface area contributed by atoms with Crippen LogP contribution < -0.4 is 0 Å². The fraction of sp³-hybridized carbons (Fsp3) is 0.545. The zero-order chi connectivity index (χ0) is 22.2. The van der Waals surface area contributed by atoms with E-state index in [1.807, 2.05) is 0 Å². The summed E-state index contributed by atoms with van der Waals surface area (Å²) in [5.74, 6) is -0.673. The first-order valence-electron chi connectivity index (χ1n) is 10.6. The molecule has 1 aromatic carbocycles. The lowest BCUT2D eigenvalue weighted by atomic mass is 10.1.